The molecule has 2 aromatic rings. The quantitative estimate of drug-likeness (QED) is 0.670. The van der Waals surface area contributed by atoms with Crippen molar-refractivity contribution in [2.24, 2.45) is 0 Å². The second kappa shape index (κ2) is 6.26. The smallest absolute Gasteiger partial charge is 0.271 e. The Hall–Kier alpha value is -2.56. The molecule has 0 saturated heterocycles. The number of hydrogen-bond acceptors (Lipinski definition) is 4. The van der Waals surface area contributed by atoms with Crippen molar-refractivity contribution >= 4 is 11.4 Å². The number of anilines is 1. The number of nitrogens with one attached hydrogen (secondary N) is 1. The lowest BCUT2D eigenvalue weighted by Gasteiger charge is -2.13. The van der Waals surface area contributed by atoms with Crippen LogP contribution in [0.5, 0.6) is 5.75 Å². The maximum atomic E-state index is 10.8. The number of methoxy groups -OCH3 is 1. The Morgan fingerprint density at radius 2 is 1.95 bits per heavy atom. The number of non-ortho nitro benzene ring substituents is 1. The summed E-state index contributed by atoms with van der Waals surface area (Å²) in [7, 11) is 1.63. The van der Waals surface area contributed by atoms with Crippen LogP contribution in [0.15, 0.2) is 36.4 Å². The number of nitro benzene ring substituents is 1. The molecule has 0 unspecified atom stereocenters. The fraction of sp³-hybridized carbons (Fsp3) is 0.250. The maximum absolute atomic E-state index is 10.8. The molecule has 0 spiro atoms. The molecule has 0 saturated carbocycles. The Balaban J connectivity index is 2.22. The zero-order valence-corrected chi connectivity index (χ0v) is 12.3. The average molecular weight is 286 g/mol. The third kappa shape index (κ3) is 3.51. The summed E-state index contributed by atoms with van der Waals surface area (Å²) in [6.07, 6.45) is 0. The summed E-state index contributed by atoms with van der Waals surface area (Å²) in [5, 5.41) is 14.1. The Morgan fingerprint density at radius 1 is 1.19 bits per heavy atom. The van der Waals surface area contributed by atoms with Gasteiger partial charge < -0.3 is 10.1 Å². The highest BCUT2D eigenvalue weighted by atomic mass is 16.6. The Labute approximate surface area is 123 Å². The number of hydrogen-bond donors (Lipinski definition) is 1. The van der Waals surface area contributed by atoms with E-state index in [1.165, 1.54) is 6.07 Å². The third-order valence-corrected chi connectivity index (χ3v) is 3.34. The summed E-state index contributed by atoms with van der Waals surface area (Å²) in [6.45, 7) is 4.48. The molecule has 0 atom stereocenters. The summed E-state index contributed by atoms with van der Waals surface area (Å²) in [6, 6.07) is 10.8. The summed E-state index contributed by atoms with van der Waals surface area (Å²) in [4.78, 5) is 10.5. The van der Waals surface area contributed by atoms with Gasteiger partial charge in [0.05, 0.1) is 12.0 Å². The van der Waals surface area contributed by atoms with E-state index < -0.39 is 4.92 Å². The number of nitrogens with zero attached hydrogens (tertiary/aromatic N) is 1. The molecule has 110 valence electrons. The van der Waals surface area contributed by atoms with Crippen LogP contribution in [-0.4, -0.2) is 12.0 Å². The van der Waals surface area contributed by atoms with E-state index >= 15 is 0 Å². The Morgan fingerprint density at radius 3 is 2.62 bits per heavy atom. The first-order valence-corrected chi connectivity index (χ1v) is 6.63. The third-order valence-electron chi connectivity index (χ3n) is 3.34. The topological polar surface area (TPSA) is 64.4 Å². The van der Waals surface area contributed by atoms with Gasteiger partial charge in [-0.3, -0.25) is 10.1 Å². The first-order valence-electron chi connectivity index (χ1n) is 6.63. The van der Waals surface area contributed by atoms with E-state index in [1.807, 2.05) is 32.0 Å². The number of nitro groups is 1. The number of benzene rings is 2. The minimum absolute atomic E-state index is 0.0827. The van der Waals surface area contributed by atoms with Crippen molar-refractivity contribution in [2.45, 2.75) is 20.4 Å². The fourth-order valence-corrected chi connectivity index (χ4v) is 2.15. The molecule has 0 amide bonds. The summed E-state index contributed by atoms with van der Waals surface area (Å²) in [5.74, 6) is 0.802. The van der Waals surface area contributed by atoms with Gasteiger partial charge in [-0.25, -0.2) is 0 Å². The minimum Gasteiger partial charge on any atom is -0.496 e. The standard InChI is InChI=1S/C16H18N2O3/c1-11-4-7-16(21-3)13(8-11)10-17-15-9-14(18(19)20)6-5-12(15)2/h4-9,17H,10H2,1-3H3. The largest absolute Gasteiger partial charge is 0.496 e. The lowest BCUT2D eigenvalue weighted by molar-refractivity contribution is -0.384. The molecule has 5 heteroatoms. The van der Waals surface area contributed by atoms with Crippen LogP contribution in [0.3, 0.4) is 0 Å². The number of ether oxygens (including phenoxy) is 1. The van der Waals surface area contributed by atoms with Gasteiger partial charge in [-0.2, -0.15) is 0 Å². The molecule has 5 nitrogen and oxygen atoms in total. The van der Waals surface area contributed by atoms with Crippen molar-refractivity contribution in [3.05, 3.63) is 63.2 Å². The van der Waals surface area contributed by atoms with Crippen molar-refractivity contribution in [3.63, 3.8) is 0 Å². The van der Waals surface area contributed by atoms with Crippen molar-refractivity contribution in [1.29, 1.82) is 0 Å². The summed E-state index contributed by atoms with van der Waals surface area (Å²) >= 11 is 0. The van der Waals surface area contributed by atoms with Crippen LogP contribution in [0, 0.1) is 24.0 Å². The zero-order valence-electron chi connectivity index (χ0n) is 12.3. The molecule has 21 heavy (non-hydrogen) atoms. The van der Waals surface area contributed by atoms with Crippen molar-refractivity contribution < 1.29 is 9.66 Å². The highest BCUT2D eigenvalue weighted by Gasteiger charge is 2.09. The molecule has 0 heterocycles. The predicted octanol–water partition coefficient (Wildman–Crippen LogP) is 3.83. The molecule has 0 aliphatic rings. The first kappa shape index (κ1) is 14.8. The highest BCUT2D eigenvalue weighted by Crippen LogP contribution is 2.25. The van der Waals surface area contributed by atoms with Gasteiger partial charge in [0.1, 0.15) is 5.75 Å². The van der Waals surface area contributed by atoms with E-state index in [4.69, 9.17) is 4.74 Å². The van der Waals surface area contributed by atoms with Crippen LogP contribution in [0.4, 0.5) is 11.4 Å². The van der Waals surface area contributed by atoms with Crippen LogP contribution < -0.4 is 10.1 Å². The molecule has 0 aliphatic heterocycles. The fourth-order valence-electron chi connectivity index (χ4n) is 2.15. The van der Waals surface area contributed by atoms with Gasteiger partial charge in [0, 0.05) is 29.9 Å². The molecular formula is C16H18N2O3. The van der Waals surface area contributed by atoms with Gasteiger partial charge in [-0.1, -0.05) is 23.8 Å². The second-order valence-corrected chi connectivity index (χ2v) is 4.93. The van der Waals surface area contributed by atoms with Crippen molar-refractivity contribution in [1.82, 2.24) is 0 Å². The van der Waals surface area contributed by atoms with Gasteiger partial charge in [0.2, 0.25) is 0 Å². The minimum atomic E-state index is -0.391. The van der Waals surface area contributed by atoms with Gasteiger partial charge in [0.15, 0.2) is 0 Å². The number of rotatable bonds is 5. The molecular weight excluding hydrogens is 268 g/mol. The molecule has 0 radical (unpaired) electrons. The van der Waals surface area contributed by atoms with Gasteiger partial charge in [0.25, 0.3) is 5.69 Å². The normalized spacial score (nSPS) is 10.2. The van der Waals surface area contributed by atoms with Gasteiger partial charge in [-0.05, 0) is 25.5 Å². The average Bonchev–Trinajstić information content (AvgIpc) is 2.46. The summed E-state index contributed by atoms with van der Waals surface area (Å²) in [5.41, 5.74) is 3.96. The number of aryl methyl sites for hydroxylation is 2. The molecule has 2 aromatic carbocycles. The molecule has 0 aromatic heterocycles. The Kier molecular flexibility index (Phi) is 4.42. The monoisotopic (exact) mass is 286 g/mol. The van der Waals surface area contributed by atoms with E-state index in [-0.39, 0.29) is 5.69 Å². The van der Waals surface area contributed by atoms with Crippen molar-refractivity contribution in [3.8, 4) is 5.75 Å². The van der Waals surface area contributed by atoms with E-state index in [0.29, 0.717) is 6.54 Å². The first-order chi connectivity index (χ1) is 10.0. The molecule has 2 rings (SSSR count). The van der Waals surface area contributed by atoms with E-state index in [2.05, 4.69) is 5.32 Å². The lowest BCUT2D eigenvalue weighted by Crippen LogP contribution is -2.04. The molecule has 0 bridgehead atoms. The van der Waals surface area contributed by atoms with Crippen LogP contribution in [-0.2, 0) is 6.54 Å². The van der Waals surface area contributed by atoms with E-state index in [9.17, 15) is 10.1 Å². The molecule has 0 fully saturated rings. The van der Waals surface area contributed by atoms with Crippen LogP contribution in [0.2, 0.25) is 0 Å². The SMILES string of the molecule is COc1ccc(C)cc1CNc1cc([N+](=O)[O-])ccc1C. The summed E-state index contributed by atoms with van der Waals surface area (Å²) < 4.78 is 5.33. The van der Waals surface area contributed by atoms with Gasteiger partial charge >= 0.3 is 0 Å². The zero-order chi connectivity index (χ0) is 15.4. The van der Waals surface area contributed by atoms with E-state index in [0.717, 1.165) is 28.1 Å². The van der Waals surface area contributed by atoms with Crippen LogP contribution >= 0.6 is 0 Å². The molecule has 0 aliphatic carbocycles. The van der Waals surface area contributed by atoms with Gasteiger partial charge in [-0.15, -0.1) is 0 Å². The molecule has 1 N–H and O–H groups in total. The highest BCUT2D eigenvalue weighted by molar-refractivity contribution is 5.57. The predicted molar refractivity (Wildman–Crippen MR) is 82.9 cm³/mol. The van der Waals surface area contributed by atoms with E-state index in [1.54, 1.807) is 19.2 Å². The second-order valence-electron chi connectivity index (χ2n) is 4.93. The maximum Gasteiger partial charge on any atom is 0.271 e. The van der Waals surface area contributed by atoms with Crippen LogP contribution in [0.1, 0.15) is 16.7 Å². The van der Waals surface area contributed by atoms with Crippen molar-refractivity contribution in [2.75, 3.05) is 12.4 Å². The lowest BCUT2D eigenvalue weighted by atomic mass is 10.1. The Bertz CT molecular complexity index is 669. The van der Waals surface area contributed by atoms with Crippen LogP contribution in [0.25, 0.3) is 0 Å².